The molecule has 0 unspecified atom stereocenters. The second-order valence-electron chi connectivity index (χ2n) is 6.58. The Morgan fingerprint density at radius 3 is 2.72 bits per heavy atom. The van der Waals surface area contributed by atoms with Crippen LogP contribution in [0.3, 0.4) is 0 Å². The molecule has 0 radical (unpaired) electrons. The number of methoxy groups -OCH3 is 1. The first-order valence-electron chi connectivity index (χ1n) is 8.39. The zero-order valence-corrected chi connectivity index (χ0v) is 14.8. The van der Waals surface area contributed by atoms with Gasteiger partial charge in [0.1, 0.15) is 11.6 Å². The molecule has 1 aliphatic heterocycles. The van der Waals surface area contributed by atoms with Crippen molar-refractivity contribution in [3.05, 3.63) is 53.8 Å². The first-order valence-corrected chi connectivity index (χ1v) is 8.39. The summed E-state index contributed by atoms with van der Waals surface area (Å²) in [6.07, 6.45) is 0.982. The first kappa shape index (κ1) is 17.4. The summed E-state index contributed by atoms with van der Waals surface area (Å²) < 4.78 is 19.0. The fraction of sp³-hybridized carbons (Fsp3) is 0.350. The van der Waals surface area contributed by atoms with Crippen molar-refractivity contribution < 1.29 is 13.9 Å². The summed E-state index contributed by atoms with van der Waals surface area (Å²) in [6.45, 7) is 1.49. The van der Waals surface area contributed by atoms with Crippen LogP contribution in [-0.2, 0) is 0 Å². The maximum absolute atomic E-state index is 13.7. The largest absolute Gasteiger partial charge is 0.496 e. The Morgan fingerprint density at radius 1 is 1.24 bits per heavy atom. The summed E-state index contributed by atoms with van der Waals surface area (Å²) in [5.41, 5.74) is 2.03. The van der Waals surface area contributed by atoms with Gasteiger partial charge in [0.15, 0.2) is 0 Å². The van der Waals surface area contributed by atoms with Crippen molar-refractivity contribution in [3.63, 3.8) is 0 Å². The second kappa shape index (κ2) is 7.23. The van der Waals surface area contributed by atoms with Crippen LogP contribution in [0.15, 0.2) is 42.5 Å². The van der Waals surface area contributed by atoms with Gasteiger partial charge in [-0.15, -0.1) is 0 Å². The molecule has 1 heterocycles. The van der Waals surface area contributed by atoms with Crippen molar-refractivity contribution >= 4 is 5.91 Å². The molecule has 2 aromatic carbocycles. The van der Waals surface area contributed by atoms with Gasteiger partial charge in [-0.25, -0.2) is 4.39 Å². The van der Waals surface area contributed by atoms with Crippen LogP contribution in [0.5, 0.6) is 5.75 Å². The molecule has 4 nitrogen and oxygen atoms in total. The molecular formula is C20H23FN2O2. The quantitative estimate of drug-likeness (QED) is 0.855. The number of amides is 1. The number of likely N-dealkylation sites (N-methyl/N-ethyl adjacent to an activating group) is 1. The molecule has 0 bridgehead atoms. The number of rotatable bonds is 4. The Hall–Kier alpha value is -2.40. The molecule has 1 aliphatic rings. The molecule has 0 N–H and O–H groups in total. The fourth-order valence-electron chi connectivity index (χ4n) is 3.26. The van der Waals surface area contributed by atoms with Gasteiger partial charge < -0.3 is 14.5 Å². The molecule has 0 saturated carbocycles. The molecule has 2 aromatic rings. The minimum Gasteiger partial charge on any atom is -0.496 e. The number of halogens is 1. The van der Waals surface area contributed by atoms with Crippen molar-refractivity contribution in [1.82, 2.24) is 9.80 Å². The summed E-state index contributed by atoms with van der Waals surface area (Å²) in [4.78, 5) is 16.9. The highest BCUT2D eigenvalue weighted by Gasteiger charge is 2.28. The highest BCUT2D eigenvalue weighted by Crippen LogP contribution is 2.31. The van der Waals surface area contributed by atoms with E-state index in [-0.39, 0.29) is 11.7 Å². The van der Waals surface area contributed by atoms with Gasteiger partial charge in [-0.2, -0.15) is 0 Å². The fourth-order valence-corrected chi connectivity index (χ4v) is 3.26. The second-order valence-corrected chi connectivity index (χ2v) is 6.58. The number of nitrogens with zero attached hydrogens (tertiary/aromatic N) is 2. The number of carbonyl (C=O) groups is 1. The van der Waals surface area contributed by atoms with E-state index in [1.807, 2.05) is 37.2 Å². The molecule has 0 spiro atoms. The van der Waals surface area contributed by atoms with Crippen molar-refractivity contribution in [2.24, 2.45) is 0 Å². The molecule has 1 saturated heterocycles. The highest BCUT2D eigenvalue weighted by atomic mass is 19.1. The minimum absolute atomic E-state index is 0.0153. The predicted octanol–water partition coefficient (Wildman–Crippen LogP) is 3.28. The van der Waals surface area contributed by atoms with Crippen molar-refractivity contribution in [1.29, 1.82) is 0 Å². The lowest BCUT2D eigenvalue weighted by molar-refractivity contribution is 0.0783. The van der Waals surface area contributed by atoms with E-state index in [1.165, 1.54) is 12.1 Å². The molecule has 3 rings (SSSR count). The third-order valence-electron chi connectivity index (χ3n) is 4.76. The van der Waals surface area contributed by atoms with E-state index in [0.717, 1.165) is 25.1 Å². The van der Waals surface area contributed by atoms with Crippen LogP contribution in [0.4, 0.5) is 4.39 Å². The van der Waals surface area contributed by atoms with Gasteiger partial charge in [-0.05, 0) is 56.4 Å². The van der Waals surface area contributed by atoms with Crippen LogP contribution in [0, 0.1) is 5.82 Å². The summed E-state index contributed by atoms with van der Waals surface area (Å²) >= 11 is 0. The summed E-state index contributed by atoms with van der Waals surface area (Å²) in [6, 6.07) is 12.1. The van der Waals surface area contributed by atoms with E-state index in [9.17, 15) is 9.18 Å². The Morgan fingerprint density at radius 2 is 2.04 bits per heavy atom. The molecule has 1 fully saturated rings. The normalized spacial score (nSPS) is 17.2. The van der Waals surface area contributed by atoms with Crippen molar-refractivity contribution in [2.45, 2.75) is 12.5 Å². The first-order chi connectivity index (χ1) is 12.0. The summed E-state index contributed by atoms with van der Waals surface area (Å²) in [5, 5.41) is 0. The minimum atomic E-state index is -0.333. The van der Waals surface area contributed by atoms with E-state index in [4.69, 9.17) is 4.74 Å². The third kappa shape index (κ3) is 3.66. The smallest absolute Gasteiger partial charge is 0.253 e. The van der Waals surface area contributed by atoms with Gasteiger partial charge in [0.05, 0.1) is 7.11 Å². The highest BCUT2D eigenvalue weighted by molar-refractivity contribution is 5.96. The van der Waals surface area contributed by atoms with Gasteiger partial charge in [-0.1, -0.05) is 12.1 Å². The standard InChI is InChI=1S/C20H23FN2O2/c1-22(2)17-9-10-23(13-17)20(24)15-6-4-5-14(11-15)18-12-16(21)7-8-19(18)25-3/h4-8,11-12,17H,9-10,13H2,1-3H3/t17-/m1/s1. The summed E-state index contributed by atoms with van der Waals surface area (Å²) in [5.74, 6) is 0.266. The lowest BCUT2D eigenvalue weighted by Gasteiger charge is -2.20. The average molecular weight is 342 g/mol. The predicted molar refractivity (Wildman–Crippen MR) is 96.4 cm³/mol. The zero-order valence-electron chi connectivity index (χ0n) is 14.8. The Labute approximate surface area is 147 Å². The zero-order chi connectivity index (χ0) is 18.0. The Balaban J connectivity index is 1.87. The van der Waals surface area contributed by atoms with E-state index < -0.39 is 0 Å². The average Bonchev–Trinajstić information content (AvgIpc) is 3.11. The van der Waals surface area contributed by atoms with Crippen LogP contribution in [0.2, 0.25) is 0 Å². The number of likely N-dealkylation sites (tertiary alicyclic amines) is 1. The van der Waals surface area contributed by atoms with Gasteiger partial charge in [-0.3, -0.25) is 4.79 Å². The SMILES string of the molecule is COc1ccc(F)cc1-c1cccc(C(=O)N2CC[C@@H](N(C)C)C2)c1. The topological polar surface area (TPSA) is 32.8 Å². The van der Waals surface area contributed by atoms with Gasteiger partial charge in [0, 0.05) is 30.3 Å². The molecule has 0 aliphatic carbocycles. The molecular weight excluding hydrogens is 319 g/mol. The molecule has 0 aromatic heterocycles. The van der Waals surface area contributed by atoms with Crippen molar-refractivity contribution in [3.8, 4) is 16.9 Å². The van der Waals surface area contributed by atoms with Crippen molar-refractivity contribution in [2.75, 3.05) is 34.3 Å². The molecule has 25 heavy (non-hydrogen) atoms. The number of carbonyl (C=O) groups excluding carboxylic acids is 1. The molecule has 132 valence electrons. The molecule has 1 amide bonds. The van der Waals surface area contributed by atoms with Gasteiger partial charge in [0.2, 0.25) is 0 Å². The van der Waals surface area contributed by atoms with E-state index in [0.29, 0.717) is 22.9 Å². The van der Waals surface area contributed by atoms with Crippen LogP contribution >= 0.6 is 0 Å². The van der Waals surface area contributed by atoms with Crippen LogP contribution in [0.1, 0.15) is 16.8 Å². The maximum Gasteiger partial charge on any atom is 0.253 e. The molecule has 5 heteroatoms. The Kier molecular flexibility index (Phi) is 5.04. The van der Waals surface area contributed by atoms with Crippen LogP contribution < -0.4 is 4.74 Å². The van der Waals surface area contributed by atoms with Crippen LogP contribution in [0.25, 0.3) is 11.1 Å². The maximum atomic E-state index is 13.7. The van der Waals surface area contributed by atoms with E-state index in [2.05, 4.69) is 4.90 Å². The lowest BCUT2D eigenvalue weighted by atomic mass is 10.0. The monoisotopic (exact) mass is 342 g/mol. The number of hydrogen-bond donors (Lipinski definition) is 0. The number of benzene rings is 2. The van der Waals surface area contributed by atoms with E-state index in [1.54, 1.807) is 19.2 Å². The van der Waals surface area contributed by atoms with Gasteiger partial charge >= 0.3 is 0 Å². The van der Waals surface area contributed by atoms with Gasteiger partial charge in [0.25, 0.3) is 5.91 Å². The number of ether oxygens (including phenoxy) is 1. The molecule has 1 atom stereocenters. The van der Waals surface area contributed by atoms with E-state index >= 15 is 0 Å². The summed E-state index contributed by atoms with van der Waals surface area (Å²) in [7, 11) is 5.63. The Bertz CT molecular complexity index is 776. The van der Waals surface area contributed by atoms with Crippen LogP contribution in [-0.4, -0.2) is 56.0 Å². The third-order valence-corrected chi connectivity index (χ3v) is 4.76. The number of hydrogen-bond acceptors (Lipinski definition) is 3. The lowest BCUT2D eigenvalue weighted by Crippen LogP contribution is -2.34.